The standard InChI is InChI=1S/C41H82NO8P/c1-6-8-10-12-14-16-18-19-20-21-22-24-26-28-30-32-34-41(44)50-39(38-49-51(45,46)48-36-35-42(3,4)5)37-47-40(43)33-31-29-27-25-23-17-15-13-11-9-7-2/h39H,6-38H2,1-5H3/p+1. The number of likely N-dealkylation sites (N-methyl/N-ethyl adjacent to an activating group) is 1. The Morgan fingerprint density at radius 2 is 0.882 bits per heavy atom. The van der Waals surface area contributed by atoms with E-state index in [1.54, 1.807) is 0 Å². The van der Waals surface area contributed by atoms with Crippen LogP contribution in [0.3, 0.4) is 0 Å². The first kappa shape index (κ1) is 50.0. The highest BCUT2D eigenvalue weighted by atomic mass is 31.2. The fourth-order valence-corrected chi connectivity index (χ4v) is 6.76. The van der Waals surface area contributed by atoms with Gasteiger partial charge in [0.15, 0.2) is 6.10 Å². The van der Waals surface area contributed by atoms with Crippen molar-refractivity contribution < 1.29 is 42.1 Å². The number of unbranched alkanes of at least 4 members (excludes halogenated alkanes) is 25. The maximum atomic E-state index is 12.7. The van der Waals surface area contributed by atoms with Crippen molar-refractivity contribution in [2.24, 2.45) is 0 Å². The Hall–Kier alpha value is -0.990. The average molecular weight is 749 g/mol. The monoisotopic (exact) mass is 749 g/mol. The van der Waals surface area contributed by atoms with Crippen LogP contribution in [0.25, 0.3) is 0 Å². The van der Waals surface area contributed by atoms with Crippen molar-refractivity contribution in [2.45, 2.75) is 206 Å². The Labute approximate surface area is 314 Å². The van der Waals surface area contributed by atoms with Crippen LogP contribution in [0.15, 0.2) is 0 Å². The Balaban J connectivity index is 4.33. The number of hydrogen-bond donors (Lipinski definition) is 1. The number of esters is 2. The third-order valence-corrected chi connectivity index (χ3v) is 10.4. The zero-order valence-corrected chi connectivity index (χ0v) is 35.0. The molecule has 0 aromatic carbocycles. The van der Waals surface area contributed by atoms with Crippen molar-refractivity contribution in [3.8, 4) is 0 Å². The van der Waals surface area contributed by atoms with Crippen LogP contribution in [0.2, 0.25) is 0 Å². The summed E-state index contributed by atoms with van der Waals surface area (Å²) in [5.74, 6) is -0.787. The van der Waals surface area contributed by atoms with Gasteiger partial charge in [0.05, 0.1) is 27.7 Å². The minimum Gasteiger partial charge on any atom is -0.462 e. The lowest BCUT2D eigenvalue weighted by molar-refractivity contribution is -0.870. The Morgan fingerprint density at radius 3 is 1.25 bits per heavy atom. The first-order chi connectivity index (χ1) is 24.5. The van der Waals surface area contributed by atoms with Gasteiger partial charge in [-0.05, 0) is 12.8 Å². The normalized spacial score (nSPS) is 13.6. The van der Waals surface area contributed by atoms with Crippen molar-refractivity contribution in [2.75, 3.05) is 47.5 Å². The number of ether oxygens (including phenoxy) is 2. The highest BCUT2D eigenvalue weighted by molar-refractivity contribution is 7.47. The summed E-state index contributed by atoms with van der Waals surface area (Å²) in [5.41, 5.74) is 0. The van der Waals surface area contributed by atoms with Gasteiger partial charge in [-0.15, -0.1) is 0 Å². The van der Waals surface area contributed by atoms with Crippen molar-refractivity contribution in [1.82, 2.24) is 0 Å². The summed E-state index contributed by atoms with van der Waals surface area (Å²) < 4.78 is 34.2. The van der Waals surface area contributed by atoms with E-state index in [0.717, 1.165) is 38.5 Å². The van der Waals surface area contributed by atoms with E-state index in [1.807, 2.05) is 21.1 Å². The van der Waals surface area contributed by atoms with E-state index in [1.165, 1.54) is 135 Å². The van der Waals surface area contributed by atoms with Crippen molar-refractivity contribution >= 4 is 19.8 Å². The average Bonchev–Trinajstić information content (AvgIpc) is 3.07. The van der Waals surface area contributed by atoms with Gasteiger partial charge < -0.3 is 18.9 Å². The number of carbonyl (C=O) groups is 2. The van der Waals surface area contributed by atoms with E-state index >= 15 is 0 Å². The van der Waals surface area contributed by atoms with Gasteiger partial charge in [-0.25, -0.2) is 4.57 Å². The molecule has 51 heavy (non-hydrogen) atoms. The topological polar surface area (TPSA) is 108 Å². The van der Waals surface area contributed by atoms with E-state index in [2.05, 4.69) is 13.8 Å². The molecule has 2 unspecified atom stereocenters. The van der Waals surface area contributed by atoms with Gasteiger partial charge in [0.2, 0.25) is 0 Å². The molecule has 0 aromatic heterocycles. The van der Waals surface area contributed by atoms with Crippen LogP contribution in [-0.2, 0) is 32.7 Å². The third kappa shape index (κ3) is 38.5. The summed E-state index contributed by atoms with van der Waals surface area (Å²) >= 11 is 0. The molecule has 0 bridgehead atoms. The summed E-state index contributed by atoms with van der Waals surface area (Å²) in [6.45, 7) is 4.44. The number of nitrogens with zero attached hydrogens (tertiary/aromatic N) is 1. The molecule has 0 radical (unpaired) electrons. The number of phosphoric ester groups is 1. The van der Waals surface area contributed by atoms with Crippen molar-refractivity contribution in [3.05, 3.63) is 0 Å². The quantitative estimate of drug-likeness (QED) is 0.0286. The zero-order valence-electron chi connectivity index (χ0n) is 34.1. The number of rotatable bonds is 39. The second-order valence-corrected chi connectivity index (χ2v) is 17.2. The van der Waals surface area contributed by atoms with E-state index in [-0.39, 0.29) is 25.6 Å². The molecule has 0 rings (SSSR count). The molecule has 0 aliphatic carbocycles. The second kappa shape index (κ2) is 34.8. The van der Waals surface area contributed by atoms with Gasteiger partial charge in [0, 0.05) is 12.8 Å². The molecule has 2 atom stereocenters. The molecule has 0 amide bonds. The van der Waals surface area contributed by atoms with Gasteiger partial charge >= 0.3 is 19.8 Å². The molecule has 9 nitrogen and oxygen atoms in total. The highest BCUT2D eigenvalue weighted by Gasteiger charge is 2.27. The highest BCUT2D eigenvalue weighted by Crippen LogP contribution is 2.43. The fourth-order valence-electron chi connectivity index (χ4n) is 6.01. The SMILES string of the molecule is CCCCCCCCCCCCCCCCCCC(=O)OC(COC(=O)CCCCCCCCCCCCC)COP(=O)(O)OCC[N+](C)(C)C. The molecule has 0 saturated heterocycles. The van der Waals surface area contributed by atoms with Gasteiger partial charge in [-0.3, -0.25) is 18.6 Å². The van der Waals surface area contributed by atoms with Crippen LogP contribution in [0.1, 0.15) is 200 Å². The maximum absolute atomic E-state index is 12.7. The smallest absolute Gasteiger partial charge is 0.462 e. The van der Waals surface area contributed by atoms with Crippen LogP contribution in [0.5, 0.6) is 0 Å². The summed E-state index contributed by atoms with van der Waals surface area (Å²) in [4.78, 5) is 35.2. The molecule has 0 aromatic rings. The minimum atomic E-state index is -4.36. The summed E-state index contributed by atoms with van der Waals surface area (Å²) in [5, 5.41) is 0. The molecule has 0 aliphatic rings. The number of hydrogen-bond acceptors (Lipinski definition) is 7. The van der Waals surface area contributed by atoms with E-state index in [0.29, 0.717) is 17.4 Å². The van der Waals surface area contributed by atoms with Gasteiger partial charge in [-0.2, -0.15) is 0 Å². The molecule has 1 N–H and O–H groups in total. The summed E-state index contributed by atoms with van der Waals surface area (Å²) in [6, 6.07) is 0. The molecule has 10 heteroatoms. The summed E-state index contributed by atoms with van der Waals surface area (Å²) in [7, 11) is 1.49. The van der Waals surface area contributed by atoms with E-state index in [9.17, 15) is 19.0 Å². The maximum Gasteiger partial charge on any atom is 0.472 e. The van der Waals surface area contributed by atoms with Gasteiger partial charge in [0.1, 0.15) is 19.8 Å². The van der Waals surface area contributed by atoms with Gasteiger partial charge in [-0.1, -0.05) is 174 Å². The summed E-state index contributed by atoms with van der Waals surface area (Å²) in [6.07, 6.45) is 32.8. The van der Waals surface area contributed by atoms with Crippen molar-refractivity contribution in [1.29, 1.82) is 0 Å². The zero-order chi connectivity index (χ0) is 37.9. The lowest BCUT2D eigenvalue weighted by Gasteiger charge is -2.24. The lowest BCUT2D eigenvalue weighted by Crippen LogP contribution is -2.37. The molecule has 304 valence electrons. The van der Waals surface area contributed by atoms with Crippen LogP contribution in [0, 0.1) is 0 Å². The third-order valence-electron chi connectivity index (χ3n) is 9.39. The minimum absolute atomic E-state index is 0.0366. The number of quaternary nitrogens is 1. The van der Waals surface area contributed by atoms with Crippen LogP contribution < -0.4 is 0 Å². The molecule has 0 fully saturated rings. The Bertz CT molecular complexity index is 850. The Morgan fingerprint density at radius 1 is 0.529 bits per heavy atom. The molecular weight excluding hydrogens is 665 g/mol. The second-order valence-electron chi connectivity index (χ2n) is 15.7. The van der Waals surface area contributed by atoms with Crippen LogP contribution in [0.4, 0.5) is 0 Å². The number of carbonyl (C=O) groups excluding carboxylic acids is 2. The molecule has 0 spiro atoms. The fraction of sp³-hybridized carbons (Fsp3) is 0.951. The molecule has 0 saturated carbocycles. The van der Waals surface area contributed by atoms with Crippen LogP contribution in [-0.4, -0.2) is 74.9 Å². The lowest BCUT2D eigenvalue weighted by atomic mass is 10.0. The first-order valence-corrected chi connectivity index (χ1v) is 22.8. The molecule has 0 heterocycles. The molecule has 0 aliphatic heterocycles. The van der Waals surface area contributed by atoms with Crippen LogP contribution >= 0.6 is 7.82 Å². The van der Waals surface area contributed by atoms with E-state index in [4.69, 9.17) is 18.5 Å². The number of phosphoric acid groups is 1. The van der Waals surface area contributed by atoms with E-state index < -0.39 is 26.5 Å². The van der Waals surface area contributed by atoms with Crippen molar-refractivity contribution in [3.63, 3.8) is 0 Å². The first-order valence-electron chi connectivity index (χ1n) is 21.3. The molecular formula is C41H83NO8P+. The van der Waals surface area contributed by atoms with Gasteiger partial charge in [0.25, 0.3) is 0 Å². The Kier molecular flexibility index (Phi) is 34.1. The largest absolute Gasteiger partial charge is 0.472 e. The predicted octanol–water partition coefficient (Wildman–Crippen LogP) is 11.6. The predicted molar refractivity (Wildman–Crippen MR) is 211 cm³/mol.